The number of hydrogen-bond donors (Lipinski definition) is 0. The fourth-order valence-corrected chi connectivity index (χ4v) is 5.17. The minimum absolute atomic E-state index is 0.233. The van der Waals surface area contributed by atoms with E-state index in [1.807, 2.05) is 79.7 Å². The molecule has 2 aliphatic heterocycles. The predicted molar refractivity (Wildman–Crippen MR) is 158 cm³/mol. The lowest BCUT2D eigenvalue weighted by molar-refractivity contribution is -0.355. The Kier molecular flexibility index (Phi) is 9.00. The molecule has 0 spiro atoms. The third-order valence-corrected chi connectivity index (χ3v) is 7.48. The molecule has 0 aromatic heterocycles. The lowest BCUT2D eigenvalue weighted by Gasteiger charge is -2.48. The second-order valence-corrected chi connectivity index (χ2v) is 10.5. The molecule has 0 amide bonds. The zero-order valence-electron chi connectivity index (χ0n) is 24.0. The average Bonchev–Trinajstić information content (AvgIpc) is 3.06. The maximum Gasteiger partial charge on any atom is 0.338 e. The highest BCUT2D eigenvalue weighted by molar-refractivity contribution is 5.89. The molecule has 43 heavy (non-hydrogen) atoms. The van der Waals surface area contributed by atoms with Crippen LogP contribution < -0.4 is 9.47 Å². The van der Waals surface area contributed by atoms with Gasteiger partial charge in [0.2, 0.25) is 6.29 Å². The van der Waals surface area contributed by atoms with E-state index in [0.717, 1.165) is 16.7 Å². The van der Waals surface area contributed by atoms with E-state index in [9.17, 15) is 4.79 Å². The molecule has 0 bridgehead atoms. The molecular formula is C35H34O8. The topological polar surface area (TPSA) is 81.7 Å². The number of benzene rings is 4. The molecule has 0 aliphatic carbocycles. The van der Waals surface area contributed by atoms with Crippen LogP contribution in [-0.2, 0) is 30.3 Å². The second kappa shape index (κ2) is 13.4. The summed E-state index contributed by atoms with van der Waals surface area (Å²) in [5, 5.41) is 0. The highest BCUT2D eigenvalue weighted by atomic mass is 16.8. The maximum atomic E-state index is 13.5. The monoisotopic (exact) mass is 582 g/mol. The number of aryl methyl sites for hydroxylation is 1. The van der Waals surface area contributed by atoms with Gasteiger partial charge in [-0.05, 0) is 48.9 Å². The van der Waals surface area contributed by atoms with Gasteiger partial charge in [0, 0.05) is 5.56 Å². The number of ether oxygens (including phenoxy) is 7. The van der Waals surface area contributed by atoms with Crippen LogP contribution in [0.15, 0.2) is 109 Å². The van der Waals surface area contributed by atoms with Gasteiger partial charge in [0.1, 0.15) is 29.8 Å². The zero-order valence-corrected chi connectivity index (χ0v) is 24.0. The molecule has 0 N–H and O–H groups in total. The van der Waals surface area contributed by atoms with E-state index < -0.39 is 43.0 Å². The summed E-state index contributed by atoms with van der Waals surface area (Å²) in [5.41, 5.74) is 3.28. The summed E-state index contributed by atoms with van der Waals surface area (Å²) in [7, 11) is 1.60. The number of esters is 1. The van der Waals surface area contributed by atoms with Crippen LogP contribution in [0.25, 0.3) is 0 Å². The molecule has 6 rings (SSSR count). The van der Waals surface area contributed by atoms with Gasteiger partial charge < -0.3 is 33.2 Å². The highest BCUT2D eigenvalue weighted by Crippen LogP contribution is 2.38. The van der Waals surface area contributed by atoms with Gasteiger partial charge in [0.15, 0.2) is 12.4 Å². The van der Waals surface area contributed by atoms with Gasteiger partial charge in [0.05, 0.1) is 25.9 Å². The van der Waals surface area contributed by atoms with Crippen molar-refractivity contribution >= 4 is 5.97 Å². The third kappa shape index (κ3) is 6.89. The van der Waals surface area contributed by atoms with Gasteiger partial charge in [0.25, 0.3) is 0 Å². The summed E-state index contributed by atoms with van der Waals surface area (Å²) < 4.78 is 43.4. The second-order valence-electron chi connectivity index (χ2n) is 10.5. The Morgan fingerprint density at radius 3 is 2.16 bits per heavy atom. The lowest BCUT2D eigenvalue weighted by atomic mass is 9.97. The number of fused-ring (bicyclic) bond motifs is 1. The van der Waals surface area contributed by atoms with Crippen molar-refractivity contribution in [2.45, 2.75) is 50.5 Å². The Balaban J connectivity index is 1.33. The molecule has 222 valence electrons. The largest absolute Gasteiger partial charge is 0.497 e. The summed E-state index contributed by atoms with van der Waals surface area (Å²) in [4.78, 5) is 13.5. The minimum atomic E-state index is -1.01. The first-order valence-electron chi connectivity index (χ1n) is 14.3. The summed E-state index contributed by atoms with van der Waals surface area (Å²) in [6.45, 7) is 2.46. The highest BCUT2D eigenvalue weighted by Gasteiger charge is 2.53. The van der Waals surface area contributed by atoms with Gasteiger partial charge in [-0.2, -0.15) is 0 Å². The van der Waals surface area contributed by atoms with Crippen molar-refractivity contribution < 1.29 is 38.0 Å². The van der Waals surface area contributed by atoms with Crippen molar-refractivity contribution in [3.05, 3.63) is 131 Å². The average molecular weight is 583 g/mol. The molecule has 2 saturated heterocycles. The zero-order chi connectivity index (χ0) is 29.6. The molecule has 8 heteroatoms. The molecule has 1 unspecified atom stereocenters. The van der Waals surface area contributed by atoms with Crippen molar-refractivity contribution in [2.75, 3.05) is 13.7 Å². The van der Waals surface area contributed by atoms with Crippen molar-refractivity contribution in [3.8, 4) is 11.5 Å². The Morgan fingerprint density at radius 2 is 1.47 bits per heavy atom. The Morgan fingerprint density at radius 1 is 0.791 bits per heavy atom. The van der Waals surface area contributed by atoms with E-state index in [-0.39, 0.29) is 13.2 Å². The predicted octanol–water partition coefficient (Wildman–Crippen LogP) is 6.03. The van der Waals surface area contributed by atoms with E-state index >= 15 is 0 Å². The SMILES string of the molecule is COc1ccc(O[C@@H]2O[C@@H]3COC(c4ccccc4)O[C@@H]3[C@H](OCc3ccccc3)[C@H]2OC(=O)c2ccc(C)cc2)cc1. The quantitative estimate of drug-likeness (QED) is 0.221. The Bertz CT molecular complexity index is 1460. The third-order valence-electron chi connectivity index (χ3n) is 7.48. The van der Waals surface area contributed by atoms with Crippen molar-refractivity contribution in [1.82, 2.24) is 0 Å². The smallest absolute Gasteiger partial charge is 0.338 e. The maximum absolute atomic E-state index is 13.5. The van der Waals surface area contributed by atoms with Crippen LogP contribution in [0, 0.1) is 6.92 Å². The van der Waals surface area contributed by atoms with Gasteiger partial charge in [-0.1, -0.05) is 78.4 Å². The molecule has 4 aromatic rings. The minimum Gasteiger partial charge on any atom is -0.497 e. The fourth-order valence-electron chi connectivity index (χ4n) is 5.17. The molecule has 2 aliphatic rings. The van der Waals surface area contributed by atoms with Gasteiger partial charge in [-0.25, -0.2) is 4.79 Å². The van der Waals surface area contributed by atoms with Crippen LogP contribution in [0.1, 0.15) is 33.3 Å². The summed E-state index contributed by atoms with van der Waals surface area (Å²) in [6, 6.07) is 33.8. The van der Waals surface area contributed by atoms with Crippen LogP contribution in [0.2, 0.25) is 0 Å². The van der Waals surface area contributed by atoms with E-state index in [4.69, 9.17) is 33.2 Å². The number of rotatable bonds is 9. The molecule has 4 aromatic carbocycles. The number of hydrogen-bond acceptors (Lipinski definition) is 8. The molecule has 2 heterocycles. The fraction of sp³-hybridized carbons (Fsp3) is 0.286. The summed E-state index contributed by atoms with van der Waals surface area (Å²) in [5.74, 6) is 0.682. The Hall–Kier alpha value is -4.21. The molecule has 6 atom stereocenters. The van der Waals surface area contributed by atoms with Crippen LogP contribution in [0.4, 0.5) is 0 Å². The number of carbonyl (C=O) groups excluding carboxylic acids is 1. The molecular weight excluding hydrogens is 548 g/mol. The first-order valence-corrected chi connectivity index (χ1v) is 14.3. The Labute approximate surface area is 251 Å². The van der Waals surface area contributed by atoms with E-state index in [1.54, 1.807) is 43.5 Å². The molecule has 0 radical (unpaired) electrons. The van der Waals surface area contributed by atoms with Crippen molar-refractivity contribution in [1.29, 1.82) is 0 Å². The van der Waals surface area contributed by atoms with Crippen LogP contribution in [0.3, 0.4) is 0 Å². The first-order chi connectivity index (χ1) is 21.1. The lowest BCUT2D eigenvalue weighted by Crippen LogP contribution is -2.64. The van der Waals surface area contributed by atoms with Crippen LogP contribution in [-0.4, -0.2) is 50.4 Å². The molecule has 8 nitrogen and oxygen atoms in total. The van der Waals surface area contributed by atoms with Gasteiger partial charge in [-0.15, -0.1) is 0 Å². The van der Waals surface area contributed by atoms with Crippen LogP contribution >= 0.6 is 0 Å². The van der Waals surface area contributed by atoms with Gasteiger partial charge in [-0.3, -0.25) is 0 Å². The number of carbonyl (C=O) groups is 1. The standard InChI is InChI=1S/C35H34O8/c1-23-13-15-25(16-14-23)33(36)42-32-31(38-21-24-9-5-3-6-10-24)30-29(22-39-34(43-30)26-11-7-4-8-12-26)41-35(32)40-28-19-17-27(37-2)18-20-28/h3-20,29-32,34-35H,21-22H2,1-2H3/t29-,30+,31+,32-,34?,35-/m1/s1. The van der Waals surface area contributed by atoms with Crippen molar-refractivity contribution in [2.24, 2.45) is 0 Å². The van der Waals surface area contributed by atoms with Crippen LogP contribution in [0.5, 0.6) is 11.5 Å². The van der Waals surface area contributed by atoms with Crippen molar-refractivity contribution in [3.63, 3.8) is 0 Å². The molecule has 2 fully saturated rings. The normalized spacial score (nSPS) is 24.9. The summed E-state index contributed by atoms with van der Waals surface area (Å²) >= 11 is 0. The van der Waals surface area contributed by atoms with E-state index in [1.165, 1.54) is 0 Å². The molecule has 0 saturated carbocycles. The number of methoxy groups -OCH3 is 1. The van der Waals surface area contributed by atoms with E-state index in [2.05, 4.69) is 0 Å². The first kappa shape index (κ1) is 28.9. The van der Waals surface area contributed by atoms with E-state index in [0.29, 0.717) is 17.1 Å². The summed E-state index contributed by atoms with van der Waals surface area (Å²) in [6.07, 6.45) is -4.53. The van der Waals surface area contributed by atoms with Gasteiger partial charge >= 0.3 is 5.97 Å².